The molecule has 3 rings (SSSR count). The Morgan fingerprint density at radius 3 is 2.48 bits per heavy atom. The van der Waals surface area contributed by atoms with Gasteiger partial charge in [0.2, 0.25) is 15.9 Å². The number of ether oxygens (including phenoxy) is 2. The van der Waals surface area contributed by atoms with Gasteiger partial charge in [0.05, 0.1) is 29.0 Å². The average Bonchev–Trinajstić information content (AvgIpc) is 2.77. The Bertz CT molecular complexity index is 1010. The minimum atomic E-state index is -3.77. The molecule has 1 atom stereocenters. The van der Waals surface area contributed by atoms with Crippen molar-refractivity contribution in [3.8, 4) is 11.5 Å². The number of nitrogens with one attached hydrogen (secondary N) is 1. The van der Waals surface area contributed by atoms with Crippen LogP contribution in [0.2, 0.25) is 5.02 Å². The summed E-state index contributed by atoms with van der Waals surface area (Å²) in [6.07, 6.45) is 1.23. The Kier molecular flexibility index (Phi) is 7.80. The third kappa shape index (κ3) is 5.70. The zero-order valence-electron chi connectivity index (χ0n) is 17.6. The van der Waals surface area contributed by atoms with Gasteiger partial charge in [-0.1, -0.05) is 11.6 Å². The van der Waals surface area contributed by atoms with Crippen LogP contribution < -0.4 is 14.8 Å². The van der Waals surface area contributed by atoms with Crippen LogP contribution in [0.3, 0.4) is 0 Å². The average molecular weight is 467 g/mol. The van der Waals surface area contributed by atoms with Gasteiger partial charge in [0.1, 0.15) is 11.5 Å². The maximum Gasteiger partial charge on any atom is 0.243 e. The van der Waals surface area contributed by atoms with E-state index in [0.717, 1.165) is 5.75 Å². The summed E-state index contributed by atoms with van der Waals surface area (Å²) in [5, 5.41) is 3.11. The Hall–Kier alpha value is -2.29. The van der Waals surface area contributed by atoms with Gasteiger partial charge >= 0.3 is 0 Å². The molecule has 0 bridgehead atoms. The van der Waals surface area contributed by atoms with E-state index in [9.17, 15) is 13.2 Å². The second-order valence-electron chi connectivity index (χ2n) is 7.17. The van der Waals surface area contributed by atoms with Crippen molar-refractivity contribution < 1.29 is 22.7 Å². The normalized spacial score (nSPS) is 17.2. The zero-order chi connectivity index (χ0) is 22.4. The quantitative estimate of drug-likeness (QED) is 0.630. The first-order valence-electron chi connectivity index (χ1n) is 10.3. The van der Waals surface area contributed by atoms with Gasteiger partial charge in [-0.05, 0) is 69.2 Å². The molecule has 2 aromatic rings. The maximum absolute atomic E-state index is 13.1. The van der Waals surface area contributed by atoms with Crippen LogP contribution in [-0.2, 0) is 14.8 Å². The highest BCUT2D eigenvalue weighted by atomic mass is 35.5. The van der Waals surface area contributed by atoms with E-state index < -0.39 is 15.9 Å². The fourth-order valence-corrected chi connectivity index (χ4v) is 5.33. The van der Waals surface area contributed by atoms with Crippen molar-refractivity contribution in [2.45, 2.75) is 31.6 Å². The van der Waals surface area contributed by atoms with Crippen molar-refractivity contribution >= 4 is 33.2 Å². The summed E-state index contributed by atoms with van der Waals surface area (Å²) in [7, 11) is -3.77. The number of piperidine rings is 1. The van der Waals surface area contributed by atoms with Gasteiger partial charge in [-0.2, -0.15) is 4.31 Å². The Labute approximate surface area is 188 Å². The molecule has 1 aliphatic rings. The number of nitrogens with zero attached hydrogens (tertiary/aromatic N) is 1. The molecule has 31 heavy (non-hydrogen) atoms. The number of carbonyl (C=O) groups excluding carboxylic acids is 1. The zero-order valence-corrected chi connectivity index (χ0v) is 19.2. The van der Waals surface area contributed by atoms with E-state index >= 15 is 0 Å². The predicted octanol–water partition coefficient (Wildman–Crippen LogP) is 4.18. The lowest BCUT2D eigenvalue weighted by Crippen LogP contribution is -2.43. The summed E-state index contributed by atoms with van der Waals surface area (Å²) < 4.78 is 38.4. The molecular weight excluding hydrogens is 440 g/mol. The lowest BCUT2D eigenvalue weighted by Gasteiger charge is -2.31. The van der Waals surface area contributed by atoms with Crippen molar-refractivity contribution in [3.05, 3.63) is 47.5 Å². The molecule has 0 aromatic heterocycles. The number of hydrogen-bond acceptors (Lipinski definition) is 5. The second kappa shape index (κ2) is 10.3. The van der Waals surface area contributed by atoms with Gasteiger partial charge in [-0.15, -0.1) is 0 Å². The number of sulfonamides is 1. The predicted molar refractivity (Wildman–Crippen MR) is 120 cm³/mol. The van der Waals surface area contributed by atoms with E-state index in [1.165, 1.54) is 16.4 Å². The number of hydrogen-bond donors (Lipinski definition) is 1. The van der Waals surface area contributed by atoms with E-state index in [4.69, 9.17) is 21.1 Å². The lowest BCUT2D eigenvalue weighted by molar-refractivity contribution is -0.120. The van der Waals surface area contributed by atoms with E-state index in [1.54, 1.807) is 30.3 Å². The van der Waals surface area contributed by atoms with Crippen LogP contribution in [0.15, 0.2) is 47.4 Å². The smallest absolute Gasteiger partial charge is 0.243 e. The third-order valence-electron chi connectivity index (χ3n) is 5.03. The first-order chi connectivity index (χ1) is 14.8. The molecule has 0 aliphatic carbocycles. The highest BCUT2D eigenvalue weighted by molar-refractivity contribution is 7.89. The molecule has 1 amide bonds. The van der Waals surface area contributed by atoms with E-state index in [2.05, 4.69) is 5.32 Å². The fourth-order valence-electron chi connectivity index (χ4n) is 3.48. The number of benzene rings is 2. The summed E-state index contributed by atoms with van der Waals surface area (Å²) in [5.74, 6) is 0.529. The monoisotopic (exact) mass is 466 g/mol. The van der Waals surface area contributed by atoms with Crippen molar-refractivity contribution in [1.82, 2.24) is 4.31 Å². The summed E-state index contributed by atoms with van der Waals surface area (Å²) in [4.78, 5) is 12.8. The van der Waals surface area contributed by atoms with Gasteiger partial charge in [-0.25, -0.2) is 8.42 Å². The lowest BCUT2D eigenvalue weighted by atomic mass is 9.99. The topological polar surface area (TPSA) is 84.9 Å². The van der Waals surface area contributed by atoms with Crippen LogP contribution in [0, 0.1) is 5.92 Å². The van der Waals surface area contributed by atoms with E-state index in [0.29, 0.717) is 44.0 Å². The highest BCUT2D eigenvalue weighted by Crippen LogP contribution is 2.31. The van der Waals surface area contributed by atoms with Gasteiger partial charge in [-0.3, -0.25) is 4.79 Å². The molecule has 1 N–H and O–H groups in total. The number of carbonyl (C=O) groups is 1. The van der Waals surface area contributed by atoms with E-state index in [-0.39, 0.29) is 22.4 Å². The molecule has 168 valence electrons. The van der Waals surface area contributed by atoms with Crippen molar-refractivity contribution in [2.75, 3.05) is 31.6 Å². The van der Waals surface area contributed by atoms with Crippen molar-refractivity contribution in [2.24, 2.45) is 5.92 Å². The van der Waals surface area contributed by atoms with Crippen LogP contribution in [-0.4, -0.2) is 44.9 Å². The minimum Gasteiger partial charge on any atom is -0.494 e. The molecular formula is C22H27ClN2O5S. The van der Waals surface area contributed by atoms with Gasteiger partial charge in [0.25, 0.3) is 0 Å². The molecule has 0 radical (unpaired) electrons. The molecule has 0 saturated carbocycles. The number of rotatable bonds is 8. The molecule has 1 saturated heterocycles. The molecule has 2 aromatic carbocycles. The SMILES string of the molecule is CCOc1ccc(NC(=O)[C@H]2CCCN(S(=O)(=O)c3ccc(OCC)c(Cl)c3)C2)cc1. The number of amides is 1. The summed E-state index contributed by atoms with van der Waals surface area (Å²) in [6.45, 7) is 5.21. The fraction of sp³-hybridized carbons (Fsp3) is 0.409. The molecule has 1 heterocycles. The highest BCUT2D eigenvalue weighted by Gasteiger charge is 2.33. The van der Waals surface area contributed by atoms with Crippen LogP contribution >= 0.6 is 11.6 Å². The summed E-state index contributed by atoms with van der Waals surface area (Å²) in [6, 6.07) is 11.5. The maximum atomic E-state index is 13.1. The van der Waals surface area contributed by atoms with Crippen LogP contribution in [0.25, 0.3) is 0 Å². The minimum absolute atomic E-state index is 0.0912. The summed E-state index contributed by atoms with van der Waals surface area (Å²) in [5.41, 5.74) is 0.645. The standard InChI is InChI=1S/C22H27ClN2O5S/c1-3-29-18-9-7-17(8-10-18)24-22(26)16-6-5-13-25(15-16)31(27,28)19-11-12-21(30-4-2)20(23)14-19/h7-12,14,16H,3-6,13,15H2,1-2H3,(H,24,26)/t16-/m0/s1. The number of halogens is 1. The third-order valence-corrected chi connectivity index (χ3v) is 7.19. The summed E-state index contributed by atoms with van der Waals surface area (Å²) >= 11 is 6.17. The Morgan fingerprint density at radius 1 is 1.13 bits per heavy atom. The van der Waals surface area contributed by atoms with Crippen molar-refractivity contribution in [3.63, 3.8) is 0 Å². The Morgan fingerprint density at radius 2 is 1.84 bits per heavy atom. The first kappa shape index (κ1) is 23.4. The van der Waals surface area contributed by atoms with Gasteiger partial charge in [0.15, 0.2) is 0 Å². The van der Waals surface area contributed by atoms with Crippen LogP contribution in [0.5, 0.6) is 11.5 Å². The van der Waals surface area contributed by atoms with Crippen LogP contribution in [0.4, 0.5) is 5.69 Å². The second-order valence-corrected chi connectivity index (χ2v) is 9.52. The van der Waals surface area contributed by atoms with E-state index in [1.807, 2.05) is 13.8 Å². The van der Waals surface area contributed by atoms with Gasteiger partial charge < -0.3 is 14.8 Å². The molecule has 9 heteroatoms. The van der Waals surface area contributed by atoms with Gasteiger partial charge in [0, 0.05) is 18.8 Å². The molecule has 1 aliphatic heterocycles. The van der Waals surface area contributed by atoms with Crippen molar-refractivity contribution in [1.29, 1.82) is 0 Å². The molecule has 0 unspecified atom stereocenters. The molecule has 7 nitrogen and oxygen atoms in total. The first-order valence-corrected chi connectivity index (χ1v) is 12.1. The van der Waals surface area contributed by atoms with Crippen LogP contribution in [0.1, 0.15) is 26.7 Å². The number of anilines is 1. The molecule has 0 spiro atoms. The largest absolute Gasteiger partial charge is 0.494 e. The molecule has 1 fully saturated rings. The Balaban J connectivity index is 1.68.